The first-order valence-electron chi connectivity index (χ1n) is 4.52. The Morgan fingerprint density at radius 3 is 2.86 bits per heavy atom. The van der Waals surface area contributed by atoms with Crippen LogP contribution in [0.5, 0.6) is 0 Å². The first-order valence-corrected chi connectivity index (χ1v) is 6.38. The lowest BCUT2D eigenvalue weighted by Gasteiger charge is -1.95. The van der Waals surface area contributed by atoms with E-state index in [1.807, 2.05) is 12.1 Å². The molecule has 0 bridgehead atoms. The van der Waals surface area contributed by atoms with E-state index in [0.29, 0.717) is 5.92 Å². The van der Waals surface area contributed by atoms with E-state index in [0.717, 1.165) is 21.8 Å². The lowest BCUT2D eigenvalue weighted by Crippen LogP contribution is -1.88. The number of thiol groups is 1. The van der Waals surface area contributed by atoms with Gasteiger partial charge in [-0.1, -0.05) is 24.6 Å². The number of H-pyrrole nitrogens is 1. The molecule has 1 heterocycles. The Labute approximate surface area is 92.3 Å². The van der Waals surface area contributed by atoms with E-state index in [-0.39, 0.29) is 0 Å². The lowest BCUT2D eigenvalue weighted by molar-refractivity contribution is 0.799. The third-order valence-corrected chi connectivity index (χ3v) is 3.22. The maximum atomic E-state index is 4.50. The Morgan fingerprint density at radius 1 is 1.43 bits per heavy atom. The molecule has 0 saturated heterocycles. The third kappa shape index (κ3) is 1.77. The standard InChI is InChI=1S/C10H12N2S2/c1-6(2)10-11-8-4-3-7(14-13)5-9(8)12-10/h3-6,13H,1-2H3,(H,11,12). The van der Waals surface area contributed by atoms with Crippen LogP contribution in [0.4, 0.5) is 0 Å². The van der Waals surface area contributed by atoms with Crippen molar-refractivity contribution in [2.45, 2.75) is 24.7 Å². The average Bonchev–Trinajstić information content (AvgIpc) is 2.59. The number of hydrogen-bond donors (Lipinski definition) is 2. The van der Waals surface area contributed by atoms with Crippen molar-refractivity contribution in [3.8, 4) is 0 Å². The number of hydrogen-bond acceptors (Lipinski definition) is 3. The summed E-state index contributed by atoms with van der Waals surface area (Å²) < 4.78 is 0. The maximum absolute atomic E-state index is 4.50. The van der Waals surface area contributed by atoms with Crippen LogP contribution in [0, 0.1) is 0 Å². The fourth-order valence-corrected chi connectivity index (χ4v) is 1.98. The van der Waals surface area contributed by atoms with Crippen LogP contribution in [0.3, 0.4) is 0 Å². The van der Waals surface area contributed by atoms with Crippen LogP contribution < -0.4 is 0 Å². The summed E-state index contributed by atoms with van der Waals surface area (Å²) in [4.78, 5) is 8.95. The van der Waals surface area contributed by atoms with Gasteiger partial charge < -0.3 is 4.98 Å². The molecule has 0 amide bonds. The summed E-state index contributed by atoms with van der Waals surface area (Å²) in [5, 5.41) is 0. The quantitative estimate of drug-likeness (QED) is 0.602. The minimum absolute atomic E-state index is 0.439. The fourth-order valence-electron chi connectivity index (χ4n) is 1.34. The SMILES string of the molecule is CC(C)c1nc2ccc(SS)cc2[nH]1. The molecule has 0 saturated carbocycles. The fraction of sp³-hybridized carbons (Fsp3) is 0.300. The van der Waals surface area contributed by atoms with E-state index >= 15 is 0 Å². The van der Waals surface area contributed by atoms with Gasteiger partial charge in [0.05, 0.1) is 11.0 Å². The summed E-state index contributed by atoms with van der Waals surface area (Å²) in [6.07, 6.45) is 0. The minimum atomic E-state index is 0.439. The van der Waals surface area contributed by atoms with Gasteiger partial charge in [-0.2, -0.15) is 0 Å². The number of fused-ring (bicyclic) bond motifs is 1. The first kappa shape index (κ1) is 9.93. The van der Waals surface area contributed by atoms with Gasteiger partial charge in [-0.15, -0.1) is 11.7 Å². The highest BCUT2D eigenvalue weighted by molar-refractivity contribution is 8.68. The Morgan fingerprint density at radius 2 is 2.21 bits per heavy atom. The summed E-state index contributed by atoms with van der Waals surface area (Å²) in [5.41, 5.74) is 2.12. The number of nitrogens with one attached hydrogen (secondary N) is 1. The molecule has 2 nitrogen and oxygen atoms in total. The largest absolute Gasteiger partial charge is 0.342 e. The molecule has 2 rings (SSSR count). The Balaban J connectivity index is 2.54. The highest BCUT2D eigenvalue weighted by Gasteiger charge is 2.06. The molecule has 74 valence electrons. The van der Waals surface area contributed by atoms with Crippen molar-refractivity contribution >= 4 is 33.5 Å². The summed E-state index contributed by atoms with van der Waals surface area (Å²) in [7, 11) is 1.45. The van der Waals surface area contributed by atoms with E-state index in [1.54, 1.807) is 0 Å². The van der Waals surface area contributed by atoms with E-state index in [4.69, 9.17) is 0 Å². The average molecular weight is 224 g/mol. The molecule has 1 aromatic carbocycles. The van der Waals surface area contributed by atoms with Crippen LogP contribution in [-0.4, -0.2) is 9.97 Å². The highest BCUT2D eigenvalue weighted by atomic mass is 33.1. The maximum Gasteiger partial charge on any atom is 0.109 e. The molecule has 0 aliphatic rings. The predicted octanol–water partition coefficient (Wildman–Crippen LogP) is 3.62. The van der Waals surface area contributed by atoms with Gasteiger partial charge in [-0.05, 0) is 18.2 Å². The van der Waals surface area contributed by atoms with Crippen LogP contribution in [0.15, 0.2) is 23.1 Å². The van der Waals surface area contributed by atoms with Gasteiger partial charge in [0.15, 0.2) is 0 Å². The Kier molecular flexibility index (Phi) is 2.74. The number of aromatic amines is 1. The molecule has 0 atom stereocenters. The summed E-state index contributed by atoms with van der Waals surface area (Å²) >= 11 is 4.17. The molecule has 0 unspecified atom stereocenters. The normalized spacial score (nSPS) is 11.4. The molecule has 0 aliphatic carbocycles. The van der Waals surface area contributed by atoms with Crippen molar-refractivity contribution in [1.29, 1.82) is 0 Å². The van der Waals surface area contributed by atoms with Gasteiger partial charge >= 0.3 is 0 Å². The third-order valence-electron chi connectivity index (χ3n) is 2.12. The molecule has 0 radical (unpaired) electrons. The van der Waals surface area contributed by atoms with Crippen LogP contribution in [-0.2, 0) is 0 Å². The zero-order valence-electron chi connectivity index (χ0n) is 8.11. The molecule has 0 fully saturated rings. The minimum Gasteiger partial charge on any atom is -0.342 e. The van der Waals surface area contributed by atoms with Crippen molar-refractivity contribution < 1.29 is 0 Å². The van der Waals surface area contributed by atoms with Gasteiger partial charge in [0.1, 0.15) is 5.82 Å². The van der Waals surface area contributed by atoms with E-state index in [2.05, 4.69) is 41.5 Å². The monoisotopic (exact) mass is 224 g/mol. The molecule has 14 heavy (non-hydrogen) atoms. The summed E-state index contributed by atoms with van der Waals surface area (Å²) in [6, 6.07) is 6.13. The van der Waals surface area contributed by atoms with Crippen molar-refractivity contribution in [3.05, 3.63) is 24.0 Å². The predicted molar refractivity (Wildman–Crippen MR) is 65.0 cm³/mol. The van der Waals surface area contributed by atoms with Crippen molar-refractivity contribution in [1.82, 2.24) is 9.97 Å². The van der Waals surface area contributed by atoms with Crippen molar-refractivity contribution in [2.75, 3.05) is 0 Å². The molecule has 1 N–H and O–H groups in total. The van der Waals surface area contributed by atoms with Crippen LogP contribution >= 0.6 is 22.5 Å². The Bertz CT molecular complexity index is 448. The summed E-state index contributed by atoms with van der Waals surface area (Å²) in [5.74, 6) is 1.48. The first-order chi connectivity index (χ1) is 6.70. The number of imidazole rings is 1. The molecular formula is C10H12N2S2. The molecule has 0 spiro atoms. The zero-order chi connectivity index (χ0) is 10.1. The van der Waals surface area contributed by atoms with E-state index in [1.165, 1.54) is 10.8 Å². The smallest absolute Gasteiger partial charge is 0.109 e. The molecule has 2 aromatic rings. The van der Waals surface area contributed by atoms with Gasteiger partial charge in [0.25, 0.3) is 0 Å². The van der Waals surface area contributed by atoms with Gasteiger partial charge in [-0.3, -0.25) is 0 Å². The van der Waals surface area contributed by atoms with Gasteiger partial charge in [0, 0.05) is 10.8 Å². The lowest BCUT2D eigenvalue weighted by atomic mass is 10.2. The van der Waals surface area contributed by atoms with Crippen molar-refractivity contribution in [3.63, 3.8) is 0 Å². The van der Waals surface area contributed by atoms with Crippen LogP contribution in [0.1, 0.15) is 25.6 Å². The number of rotatable bonds is 2. The van der Waals surface area contributed by atoms with Gasteiger partial charge in [0.2, 0.25) is 0 Å². The van der Waals surface area contributed by atoms with Gasteiger partial charge in [-0.25, -0.2) is 4.98 Å². The number of benzene rings is 1. The zero-order valence-corrected chi connectivity index (χ0v) is 9.82. The second-order valence-corrected chi connectivity index (χ2v) is 4.75. The second kappa shape index (κ2) is 3.87. The van der Waals surface area contributed by atoms with Crippen LogP contribution in [0.25, 0.3) is 11.0 Å². The molecule has 1 aromatic heterocycles. The van der Waals surface area contributed by atoms with E-state index in [9.17, 15) is 0 Å². The Hall–Kier alpha value is -0.610. The molecule has 0 aliphatic heterocycles. The second-order valence-electron chi connectivity index (χ2n) is 3.55. The topological polar surface area (TPSA) is 28.7 Å². The van der Waals surface area contributed by atoms with Crippen molar-refractivity contribution in [2.24, 2.45) is 0 Å². The van der Waals surface area contributed by atoms with E-state index < -0.39 is 0 Å². The molecular weight excluding hydrogens is 212 g/mol. The summed E-state index contributed by atoms with van der Waals surface area (Å²) in [6.45, 7) is 4.26. The number of aromatic nitrogens is 2. The van der Waals surface area contributed by atoms with Crippen LogP contribution in [0.2, 0.25) is 0 Å². The highest BCUT2D eigenvalue weighted by Crippen LogP contribution is 2.25. The number of nitrogens with zero attached hydrogens (tertiary/aromatic N) is 1. The molecule has 4 heteroatoms.